The van der Waals surface area contributed by atoms with E-state index in [4.69, 9.17) is 0 Å². The molecule has 0 N–H and O–H groups in total. The highest BCUT2D eigenvalue weighted by molar-refractivity contribution is 5.80. The van der Waals surface area contributed by atoms with E-state index in [9.17, 15) is 8.78 Å². The second kappa shape index (κ2) is 6.36. The summed E-state index contributed by atoms with van der Waals surface area (Å²) in [6.07, 6.45) is 1.94. The highest BCUT2D eigenvalue weighted by atomic mass is 19.1. The van der Waals surface area contributed by atoms with Crippen molar-refractivity contribution in [3.8, 4) is 11.3 Å². The summed E-state index contributed by atoms with van der Waals surface area (Å²) < 4.78 is 26.5. The Bertz CT molecular complexity index is 1050. The average molecular weight is 333 g/mol. The van der Waals surface area contributed by atoms with Crippen molar-refractivity contribution in [1.29, 1.82) is 0 Å². The third-order valence-electron chi connectivity index (χ3n) is 3.96. The molecule has 0 unspecified atom stereocenters. The fourth-order valence-electron chi connectivity index (χ4n) is 2.74. The monoisotopic (exact) mass is 333 g/mol. The Labute approximate surface area is 143 Å². The number of hydrogen-bond acceptors (Lipinski definition) is 3. The van der Waals surface area contributed by atoms with Crippen LogP contribution < -0.4 is 0 Å². The standard InChI is InChI=1S/C20H13F2N3/c21-15-6-4-14(5-7-15)17-8-9-18-20(25-17)19(24-12-23-18)11-13-2-1-3-16(22)10-13/h1-10,12H,11H2. The highest BCUT2D eigenvalue weighted by Crippen LogP contribution is 2.23. The zero-order chi connectivity index (χ0) is 17.2. The van der Waals surface area contributed by atoms with E-state index in [2.05, 4.69) is 15.0 Å². The van der Waals surface area contributed by atoms with Crippen LogP contribution in [0.25, 0.3) is 22.3 Å². The maximum Gasteiger partial charge on any atom is 0.123 e. The minimum Gasteiger partial charge on any atom is -0.244 e. The molecule has 2 aromatic carbocycles. The van der Waals surface area contributed by atoms with Gasteiger partial charge in [0, 0.05) is 12.0 Å². The maximum absolute atomic E-state index is 13.4. The summed E-state index contributed by atoms with van der Waals surface area (Å²) in [5, 5.41) is 0. The first kappa shape index (κ1) is 15.3. The third-order valence-corrected chi connectivity index (χ3v) is 3.96. The van der Waals surface area contributed by atoms with Gasteiger partial charge in [0.05, 0.1) is 16.9 Å². The normalized spacial score (nSPS) is 11.0. The van der Waals surface area contributed by atoms with Crippen molar-refractivity contribution >= 4 is 11.0 Å². The first-order valence-electron chi connectivity index (χ1n) is 7.80. The number of hydrogen-bond donors (Lipinski definition) is 0. The van der Waals surface area contributed by atoms with E-state index in [-0.39, 0.29) is 11.6 Å². The Morgan fingerprint density at radius 2 is 1.64 bits per heavy atom. The summed E-state index contributed by atoms with van der Waals surface area (Å²) in [6.45, 7) is 0. The Balaban J connectivity index is 1.79. The van der Waals surface area contributed by atoms with E-state index < -0.39 is 0 Å². The van der Waals surface area contributed by atoms with Crippen molar-refractivity contribution in [3.63, 3.8) is 0 Å². The van der Waals surface area contributed by atoms with E-state index in [1.165, 1.54) is 30.6 Å². The first-order chi connectivity index (χ1) is 12.2. The molecule has 0 fully saturated rings. The van der Waals surface area contributed by atoms with Gasteiger partial charge in [0.25, 0.3) is 0 Å². The van der Waals surface area contributed by atoms with Gasteiger partial charge in [0.15, 0.2) is 0 Å². The molecular weight excluding hydrogens is 320 g/mol. The van der Waals surface area contributed by atoms with Crippen molar-refractivity contribution in [1.82, 2.24) is 15.0 Å². The SMILES string of the molecule is Fc1ccc(-c2ccc3ncnc(Cc4cccc(F)c4)c3n2)cc1. The quantitative estimate of drug-likeness (QED) is 0.552. The van der Waals surface area contributed by atoms with Gasteiger partial charge in [-0.3, -0.25) is 0 Å². The molecule has 0 aliphatic carbocycles. The second-order valence-electron chi connectivity index (χ2n) is 5.70. The van der Waals surface area contributed by atoms with Crippen LogP contribution in [0.15, 0.2) is 67.0 Å². The van der Waals surface area contributed by atoms with Crippen molar-refractivity contribution < 1.29 is 8.78 Å². The predicted molar refractivity (Wildman–Crippen MR) is 91.9 cm³/mol. The van der Waals surface area contributed by atoms with Crippen LogP contribution in [0.2, 0.25) is 0 Å². The Morgan fingerprint density at radius 1 is 0.800 bits per heavy atom. The highest BCUT2D eigenvalue weighted by Gasteiger charge is 2.09. The minimum atomic E-state index is -0.292. The molecule has 25 heavy (non-hydrogen) atoms. The van der Waals surface area contributed by atoms with Crippen LogP contribution in [0.3, 0.4) is 0 Å². The first-order valence-corrected chi connectivity index (χ1v) is 7.80. The fraction of sp³-hybridized carbons (Fsp3) is 0.0500. The smallest absolute Gasteiger partial charge is 0.123 e. The van der Waals surface area contributed by atoms with Gasteiger partial charge in [-0.1, -0.05) is 12.1 Å². The van der Waals surface area contributed by atoms with Gasteiger partial charge in [-0.15, -0.1) is 0 Å². The van der Waals surface area contributed by atoms with E-state index in [0.717, 1.165) is 16.8 Å². The van der Waals surface area contributed by atoms with Crippen LogP contribution in [0, 0.1) is 11.6 Å². The van der Waals surface area contributed by atoms with Crippen LogP contribution >= 0.6 is 0 Å². The second-order valence-corrected chi connectivity index (χ2v) is 5.70. The molecular formula is C20H13F2N3. The van der Waals surface area contributed by atoms with E-state index in [1.807, 2.05) is 18.2 Å². The molecule has 0 saturated carbocycles. The Kier molecular flexibility index (Phi) is 3.90. The number of pyridine rings is 1. The predicted octanol–water partition coefficient (Wildman–Crippen LogP) is 4.56. The Hall–Kier alpha value is -3.21. The number of aromatic nitrogens is 3. The zero-order valence-electron chi connectivity index (χ0n) is 13.2. The average Bonchev–Trinajstić information content (AvgIpc) is 2.62. The summed E-state index contributed by atoms with van der Waals surface area (Å²) in [4.78, 5) is 13.2. The van der Waals surface area contributed by atoms with Crippen LogP contribution in [0.5, 0.6) is 0 Å². The van der Waals surface area contributed by atoms with Gasteiger partial charge in [0.1, 0.15) is 23.5 Å². The maximum atomic E-state index is 13.4. The molecule has 0 bridgehead atoms. The number of fused-ring (bicyclic) bond motifs is 1. The molecule has 0 aliphatic heterocycles. The topological polar surface area (TPSA) is 38.7 Å². The van der Waals surface area contributed by atoms with Gasteiger partial charge in [-0.2, -0.15) is 0 Å². The lowest BCUT2D eigenvalue weighted by Gasteiger charge is -2.07. The summed E-state index contributed by atoms with van der Waals surface area (Å²) >= 11 is 0. The van der Waals surface area contributed by atoms with Crippen molar-refractivity contribution in [2.24, 2.45) is 0 Å². The van der Waals surface area contributed by atoms with Gasteiger partial charge in [-0.25, -0.2) is 23.7 Å². The van der Waals surface area contributed by atoms with Gasteiger partial charge in [-0.05, 0) is 54.1 Å². The van der Waals surface area contributed by atoms with Crippen molar-refractivity contribution in [2.45, 2.75) is 6.42 Å². The van der Waals surface area contributed by atoms with Crippen LogP contribution in [0.1, 0.15) is 11.3 Å². The molecule has 4 rings (SSSR count). The largest absolute Gasteiger partial charge is 0.244 e. The lowest BCUT2D eigenvalue weighted by Crippen LogP contribution is -1.98. The molecule has 0 amide bonds. The molecule has 0 radical (unpaired) electrons. The zero-order valence-corrected chi connectivity index (χ0v) is 13.2. The van der Waals surface area contributed by atoms with Gasteiger partial charge in [0.2, 0.25) is 0 Å². The van der Waals surface area contributed by atoms with Gasteiger partial charge < -0.3 is 0 Å². The molecule has 2 aromatic heterocycles. The molecule has 0 saturated heterocycles. The minimum absolute atomic E-state index is 0.282. The van der Waals surface area contributed by atoms with E-state index >= 15 is 0 Å². The summed E-state index contributed by atoms with van der Waals surface area (Å²) in [7, 11) is 0. The molecule has 0 atom stereocenters. The summed E-state index contributed by atoms with van der Waals surface area (Å²) in [5.41, 5.74) is 4.43. The van der Waals surface area contributed by atoms with E-state index in [1.54, 1.807) is 18.2 Å². The molecule has 5 heteroatoms. The van der Waals surface area contributed by atoms with Crippen molar-refractivity contribution in [2.75, 3.05) is 0 Å². The number of rotatable bonds is 3. The van der Waals surface area contributed by atoms with Crippen molar-refractivity contribution in [3.05, 3.63) is 89.9 Å². The molecule has 122 valence electrons. The summed E-state index contributed by atoms with van der Waals surface area (Å²) in [5.74, 6) is -0.574. The van der Waals surface area contributed by atoms with Crippen LogP contribution in [0.4, 0.5) is 8.78 Å². The lowest BCUT2D eigenvalue weighted by atomic mass is 10.1. The third kappa shape index (κ3) is 3.21. The van der Waals surface area contributed by atoms with Gasteiger partial charge >= 0.3 is 0 Å². The fourth-order valence-corrected chi connectivity index (χ4v) is 2.74. The Morgan fingerprint density at radius 3 is 2.44 bits per heavy atom. The van der Waals surface area contributed by atoms with E-state index in [0.29, 0.717) is 23.1 Å². The molecule has 3 nitrogen and oxygen atoms in total. The molecule has 0 aliphatic rings. The molecule has 0 spiro atoms. The van der Waals surface area contributed by atoms with Crippen LogP contribution in [-0.2, 0) is 6.42 Å². The lowest BCUT2D eigenvalue weighted by molar-refractivity contribution is 0.626. The molecule has 4 aromatic rings. The number of benzene rings is 2. The molecule has 2 heterocycles. The number of halogens is 2. The van der Waals surface area contributed by atoms with Crippen LogP contribution in [-0.4, -0.2) is 15.0 Å². The summed E-state index contributed by atoms with van der Waals surface area (Å²) in [6, 6.07) is 16.3. The number of nitrogens with zero attached hydrogens (tertiary/aromatic N) is 3.